The minimum absolute atomic E-state index is 0.145. The SMILES string of the molecule is O=Cc1ccc(-c2ccc(Oc3ncc(C(F)(F)F)cc3Cl)c(Cl)c2)o1. The fourth-order valence-corrected chi connectivity index (χ4v) is 2.49. The van der Waals surface area contributed by atoms with Gasteiger partial charge in [-0.25, -0.2) is 4.98 Å². The number of benzene rings is 1. The fourth-order valence-electron chi connectivity index (χ4n) is 2.07. The van der Waals surface area contributed by atoms with Gasteiger partial charge in [-0.3, -0.25) is 4.79 Å². The molecule has 0 radical (unpaired) electrons. The van der Waals surface area contributed by atoms with Crippen molar-refractivity contribution in [3.63, 3.8) is 0 Å². The van der Waals surface area contributed by atoms with E-state index < -0.39 is 11.7 Å². The lowest BCUT2D eigenvalue weighted by molar-refractivity contribution is -0.137. The molecular weight excluding hydrogens is 394 g/mol. The second-order valence-corrected chi connectivity index (χ2v) is 5.89. The average Bonchev–Trinajstić information content (AvgIpc) is 3.06. The maximum atomic E-state index is 12.6. The predicted octanol–water partition coefficient (Wildman–Crippen LogP) is 6.27. The monoisotopic (exact) mass is 401 g/mol. The smallest absolute Gasteiger partial charge is 0.417 e. The van der Waals surface area contributed by atoms with E-state index in [4.69, 9.17) is 32.4 Å². The van der Waals surface area contributed by atoms with Crippen molar-refractivity contribution >= 4 is 29.5 Å². The van der Waals surface area contributed by atoms with Crippen LogP contribution in [0.2, 0.25) is 10.0 Å². The van der Waals surface area contributed by atoms with E-state index in [0.717, 1.165) is 6.07 Å². The molecule has 0 amide bonds. The van der Waals surface area contributed by atoms with Gasteiger partial charge in [0.1, 0.15) is 16.5 Å². The summed E-state index contributed by atoms with van der Waals surface area (Å²) in [6.45, 7) is 0. The Morgan fingerprint density at radius 3 is 2.42 bits per heavy atom. The highest BCUT2D eigenvalue weighted by Gasteiger charge is 2.31. The standard InChI is InChI=1S/C17H8Cl2F3NO3/c18-12-5-9(14-4-2-11(8-24)25-14)1-3-15(12)26-16-13(19)6-10(7-23-16)17(20,21)22/h1-8H. The summed E-state index contributed by atoms with van der Waals surface area (Å²) >= 11 is 11.9. The predicted molar refractivity (Wildman–Crippen MR) is 88.9 cm³/mol. The Morgan fingerprint density at radius 1 is 1.08 bits per heavy atom. The average molecular weight is 402 g/mol. The zero-order chi connectivity index (χ0) is 18.9. The van der Waals surface area contributed by atoms with E-state index >= 15 is 0 Å². The lowest BCUT2D eigenvalue weighted by atomic mass is 10.1. The summed E-state index contributed by atoms with van der Waals surface area (Å²) in [5, 5.41) is -0.147. The maximum Gasteiger partial charge on any atom is 0.417 e. The van der Waals surface area contributed by atoms with Crippen LogP contribution in [0.5, 0.6) is 11.6 Å². The van der Waals surface area contributed by atoms with Gasteiger partial charge in [-0.2, -0.15) is 13.2 Å². The lowest BCUT2D eigenvalue weighted by Gasteiger charge is -2.11. The topological polar surface area (TPSA) is 52.3 Å². The van der Waals surface area contributed by atoms with Gasteiger partial charge in [0.05, 0.1) is 10.6 Å². The molecule has 0 unspecified atom stereocenters. The fraction of sp³-hybridized carbons (Fsp3) is 0.0588. The summed E-state index contributed by atoms with van der Waals surface area (Å²) in [7, 11) is 0. The number of aldehydes is 1. The van der Waals surface area contributed by atoms with Crippen molar-refractivity contribution in [2.24, 2.45) is 0 Å². The Labute approximate surface area is 155 Å². The molecule has 0 aliphatic rings. The molecule has 134 valence electrons. The van der Waals surface area contributed by atoms with Crippen LogP contribution >= 0.6 is 23.2 Å². The van der Waals surface area contributed by atoms with E-state index in [0.29, 0.717) is 23.8 Å². The van der Waals surface area contributed by atoms with Gasteiger partial charge in [-0.1, -0.05) is 23.2 Å². The zero-order valence-electron chi connectivity index (χ0n) is 12.7. The Balaban J connectivity index is 1.86. The Kier molecular flexibility index (Phi) is 4.93. The molecule has 0 aliphatic carbocycles. The van der Waals surface area contributed by atoms with Crippen LogP contribution in [-0.4, -0.2) is 11.3 Å². The quantitative estimate of drug-likeness (QED) is 0.483. The third-order valence-electron chi connectivity index (χ3n) is 3.30. The Bertz CT molecular complexity index is 970. The summed E-state index contributed by atoms with van der Waals surface area (Å²) in [5.74, 6) is 0.519. The zero-order valence-corrected chi connectivity index (χ0v) is 14.2. The van der Waals surface area contributed by atoms with Crippen LogP contribution in [0.1, 0.15) is 16.1 Å². The van der Waals surface area contributed by atoms with Crippen LogP contribution < -0.4 is 4.74 Å². The lowest BCUT2D eigenvalue weighted by Crippen LogP contribution is -2.05. The highest BCUT2D eigenvalue weighted by atomic mass is 35.5. The van der Waals surface area contributed by atoms with E-state index in [1.54, 1.807) is 12.1 Å². The minimum Gasteiger partial charge on any atom is -0.453 e. The first-order valence-corrected chi connectivity index (χ1v) is 7.79. The number of furan rings is 1. The van der Waals surface area contributed by atoms with E-state index in [1.165, 1.54) is 18.2 Å². The molecule has 26 heavy (non-hydrogen) atoms. The number of nitrogens with zero attached hydrogens (tertiary/aromatic N) is 1. The first kappa shape index (κ1) is 18.3. The van der Waals surface area contributed by atoms with Gasteiger partial charge in [0.15, 0.2) is 12.0 Å². The summed E-state index contributed by atoms with van der Waals surface area (Å²) in [6.07, 6.45) is -3.37. The van der Waals surface area contributed by atoms with Crippen molar-refractivity contribution < 1.29 is 27.1 Å². The number of alkyl halides is 3. The number of rotatable bonds is 4. The van der Waals surface area contributed by atoms with E-state index in [1.807, 2.05) is 0 Å². The molecular formula is C17H8Cl2F3NO3. The van der Waals surface area contributed by atoms with Gasteiger partial charge in [0.25, 0.3) is 0 Å². The van der Waals surface area contributed by atoms with Crippen molar-refractivity contribution in [1.29, 1.82) is 0 Å². The molecule has 0 spiro atoms. The van der Waals surface area contributed by atoms with Crippen LogP contribution in [0.3, 0.4) is 0 Å². The van der Waals surface area contributed by atoms with Crippen molar-refractivity contribution in [2.75, 3.05) is 0 Å². The van der Waals surface area contributed by atoms with Crippen LogP contribution in [-0.2, 0) is 6.18 Å². The number of carbonyl (C=O) groups excluding carboxylic acids is 1. The molecule has 0 bridgehead atoms. The highest BCUT2D eigenvalue weighted by molar-refractivity contribution is 6.33. The second-order valence-electron chi connectivity index (χ2n) is 5.08. The number of pyridine rings is 1. The molecule has 0 aliphatic heterocycles. The number of halogens is 5. The number of hydrogen-bond acceptors (Lipinski definition) is 4. The molecule has 3 rings (SSSR count). The molecule has 9 heteroatoms. The van der Waals surface area contributed by atoms with Crippen LogP contribution in [0, 0.1) is 0 Å². The first-order chi connectivity index (χ1) is 12.3. The van der Waals surface area contributed by atoms with Crippen LogP contribution in [0.15, 0.2) is 47.0 Å². The van der Waals surface area contributed by atoms with Gasteiger partial charge < -0.3 is 9.15 Å². The molecule has 0 atom stereocenters. The van der Waals surface area contributed by atoms with Crippen molar-refractivity contribution in [1.82, 2.24) is 4.98 Å². The second kappa shape index (κ2) is 7.01. The van der Waals surface area contributed by atoms with E-state index in [-0.39, 0.29) is 27.4 Å². The molecule has 0 fully saturated rings. The normalized spacial score (nSPS) is 11.4. The summed E-state index contributed by atoms with van der Waals surface area (Å²) < 4.78 is 48.6. The third kappa shape index (κ3) is 3.84. The first-order valence-electron chi connectivity index (χ1n) is 7.03. The molecule has 3 aromatic rings. The van der Waals surface area contributed by atoms with Gasteiger partial charge in [0.2, 0.25) is 5.88 Å². The van der Waals surface area contributed by atoms with E-state index in [9.17, 15) is 18.0 Å². The molecule has 2 heterocycles. The van der Waals surface area contributed by atoms with Crippen molar-refractivity contribution in [3.05, 3.63) is 64.0 Å². The minimum atomic E-state index is -4.56. The third-order valence-corrected chi connectivity index (χ3v) is 3.87. The molecule has 2 aromatic heterocycles. The number of carbonyl (C=O) groups is 1. The number of hydrogen-bond donors (Lipinski definition) is 0. The number of aromatic nitrogens is 1. The summed E-state index contributed by atoms with van der Waals surface area (Å²) in [6, 6.07) is 8.43. The largest absolute Gasteiger partial charge is 0.453 e. The van der Waals surface area contributed by atoms with Crippen molar-refractivity contribution in [3.8, 4) is 23.0 Å². The summed E-state index contributed by atoms with van der Waals surface area (Å²) in [5.41, 5.74) is -0.401. The Morgan fingerprint density at radius 2 is 1.85 bits per heavy atom. The number of ether oxygens (including phenoxy) is 1. The van der Waals surface area contributed by atoms with E-state index in [2.05, 4.69) is 4.98 Å². The van der Waals surface area contributed by atoms with Crippen LogP contribution in [0.25, 0.3) is 11.3 Å². The summed E-state index contributed by atoms with van der Waals surface area (Å²) in [4.78, 5) is 14.2. The molecule has 4 nitrogen and oxygen atoms in total. The van der Waals surface area contributed by atoms with Crippen LogP contribution in [0.4, 0.5) is 13.2 Å². The highest BCUT2D eigenvalue weighted by Crippen LogP contribution is 2.37. The molecule has 0 saturated heterocycles. The molecule has 0 N–H and O–H groups in total. The molecule has 1 aromatic carbocycles. The van der Waals surface area contributed by atoms with Gasteiger partial charge in [0, 0.05) is 11.8 Å². The molecule has 0 saturated carbocycles. The van der Waals surface area contributed by atoms with Gasteiger partial charge in [-0.15, -0.1) is 0 Å². The van der Waals surface area contributed by atoms with Gasteiger partial charge >= 0.3 is 6.18 Å². The van der Waals surface area contributed by atoms with Crippen molar-refractivity contribution in [2.45, 2.75) is 6.18 Å². The Hall–Kier alpha value is -2.51. The maximum absolute atomic E-state index is 12.6. The van der Waals surface area contributed by atoms with Gasteiger partial charge in [-0.05, 0) is 36.4 Å².